The Morgan fingerprint density at radius 3 is 3.12 bits per heavy atom. The van der Waals surface area contributed by atoms with Gasteiger partial charge in [-0.2, -0.15) is 0 Å². The SMILES string of the molecule is CC1Cc2[nH]c3ccc(F)cc3c2CCN1. The quantitative estimate of drug-likeness (QED) is 0.698. The van der Waals surface area contributed by atoms with E-state index in [9.17, 15) is 4.39 Å². The van der Waals surface area contributed by atoms with Gasteiger partial charge in [0.2, 0.25) is 0 Å². The third-order valence-electron chi connectivity index (χ3n) is 3.33. The molecule has 1 aromatic heterocycles. The van der Waals surface area contributed by atoms with Gasteiger partial charge >= 0.3 is 0 Å². The molecule has 84 valence electrons. The molecule has 0 aliphatic carbocycles. The molecule has 0 spiro atoms. The van der Waals surface area contributed by atoms with Crippen LogP contribution in [0.3, 0.4) is 0 Å². The Bertz CT molecular complexity index is 530. The van der Waals surface area contributed by atoms with Crippen molar-refractivity contribution in [1.82, 2.24) is 10.3 Å². The van der Waals surface area contributed by atoms with Crippen molar-refractivity contribution in [2.75, 3.05) is 6.54 Å². The lowest BCUT2D eigenvalue weighted by atomic mass is 10.1. The maximum Gasteiger partial charge on any atom is 0.123 e. The van der Waals surface area contributed by atoms with E-state index < -0.39 is 0 Å². The van der Waals surface area contributed by atoms with Gasteiger partial charge in [0.05, 0.1) is 0 Å². The number of nitrogens with one attached hydrogen (secondary N) is 2. The van der Waals surface area contributed by atoms with E-state index in [0.717, 1.165) is 30.3 Å². The molecule has 1 aliphatic rings. The first kappa shape index (κ1) is 9.85. The van der Waals surface area contributed by atoms with Crippen LogP contribution in [0.25, 0.3) is 10.9 Å². The molecule has 0 fully saturated rings. The Kier molecular flexibility index (Phi) is 2.21. The van der Waals surface area contributed by atoms with Crippen LogP contribution in [0, 0.1) is 5.82 Å². The summed E-state index contributed by atoms with van der Waals surface area (Å²) in [6.07, 6.45) is 1.97. The van der Waals surface area contributed by atoms with E-state index in [1.165, 1.54) is 17.3 Å². The Morgan fingerprint density at radius 2 is 2.25 bits per heavy atom. The number of halogens is 1. The summed E-state index contributed by atoms with van der Waals surface area (Å²) >= 11 is 0. The van der Waals surface area contributed by atoms with Crippen molar-refractivity contribution in [3.63, 3.8) is 0 Å². The molecule has 2 aromatic rings. The maximum atomic E-state index is 13.2. The minimum atomic E-state index is -0.153. The van der Waals surface area contributed by atoms with Crippen molar-refractivity contribution in [1.29, 1.82) is 0 Å². The van der Waals surface area contributed by atoms with Gasteiger partial charge in [0, 0.05) is 29.1 Å². The van der Waals surface area contributed by atoms with E-state index in [1.807, 2.05) is 6.07 Å². The van der Waals surface area contributed by atoms with Gasteiger partial charge in [-0.15, -0.1) is 0 Å². The number of rotatable bonds is 0. The lowest BCUT2D eigenvalue weighted by molar-refractivity contribution is 0.564. The van der Waals surface area contributed by atoms with E-state index in [0.29, 0.717) is 6.04 Å². The highest BCUT2D eigenvalue weighted by atomic mass is 19.1. The number of hydrogen-bond donors (Lipinski definition) is 2. The van der Waals surface area contributed by atoms with Crippen molar-refractivity contribution >= 4 is 10.9 Å². The molecule has 0 radical (unpaired) electrons. The summed E-state index contributed by atoms with van der Waals surface area (Å²) in [5, 5.41) is 4.49. The maximum absolute atomic E-state index is 13.2. The van der Waals surface area contributed by atoms with E-state index in [-0.39, 0.29) is 5.82 Å². The first-order chi connectivity index (χ1) is 7.74. The Labute approximate surface area is 93.9 Å². The summed E-state index contributed by atoms with van der Waals surface area (Å²) in [5.74, 6) is -0.153. The third-order valence-corrected chi connectivity index (χ3v) is 3.33. The van der Waals surface area contributed by atoms with Crippen LogP contribution in [0.5, 0.6) is 0 Å². The zero-order valence-electron chi connectivity index (χ0n) is 9.31. The second-order valence-corrected chi connectivity index (χ2v) is 4.58. The van der Waals surface area contributed by atoms with Crippen LogP contribution in [-0.4, -0.2) is 17.6 Å². The van der Waals surface area contributed by atoms with Crippen LogP contribution in [-0.2, 0) is 12.8 Å². The van der Waals surface area contributed by atoms with Crippen molar-refractivity contribution in [3.8, 4) is 0 Å². The van der Waals surface area contributed by atoms with Crippen molar-refractivity contribution in [2.45, 2.75) is 25.8 Å². The molecule has 1 aliphatic heterocycles. The average molecular weight is 218 g/mol. The van der Waals surface area contributed by atoms with Crippen LogP contribution < -0.4 is 5.32 Å². The van der Waals surface area contributed by atoms with E-state index in [2.05, 4.69) is 17.2 Å². The molecule has 3 heteroatoms. The molecule has 1 aromatic carbocycles. The topological polar surface area (TPSA) is 27.8 Å². The predicted molar refractivity (Wildman–Crippen MR) is 63.1 cm³/mol. The van der Waals surface area contributed by atoms with Gasteiger partial charge < -0.3 is 10.3 Å². The Morgan fingerprint density at radius 1 is 1.38 bits per heavy atom. The van der Waals surface area contributed by atoms with E-state index in [4.69, 9.17) is 0 Å². The normalized spacial score (nSPS) is 20.8. The average Bonchev–Trinajstić information content (AvgIpc) is 2.46. The number of fused-ring (bicyclic) bond motifs is 3. The first-order valence-electron chi connectivity index (χ1n) is 5.76. The molecule has 2 heterocycles. The van der Waals surface area contributed by atoms with Gasteiger partial charge in [-0.1, -0.05) is 0 Å². The van der Waals surface area contributed by atoms with E-state index >= 15 is 0 Å². The second-order valence-electron chi connectivity index (χ2n) is 4.58. The predicted octanol–water partition coefficient (Wildman–Crippen LogP) is 2.38. The lowest BCUT2D eigenvalue weighted by Gasteiger charge is -2.07. The van der Waals surface area contributed by atoms with Crippen molar-refractivity contribution < 1.29 is 4.39 Å². The van der Waals surface area contributed by atoms with Crippen LogP contribution in [0.4, 0.5) is 4.39 Å². The van der Waals surface area contributed by atoms with Gasteiger partial charge in [0.15, 0.2) is 0 Å². The first-order valence-corrected chi connectivity index (χ1v) is 5.76. The van der Waals surface area contributed by atoms with Crippen LogP contribution in [0.2, 0.25) is 0 Å². The number of aromatic amines is 1. The minimum absolute atomic E-state index is 0.153. The molecular weight excluding hydrogens is 203 g/mol. The van der Waals surface area contributed by atoms with E-state index in [1.54, 1.807) is 6.07 Å². The number of hydrogen-bond acceptors (Lipinski definition) is 1. The molecule has 2 nitrogen and oxygen atoms in total. The van der Waals surface area contributed by atoms with Crippen molar-refractivity contribution in [3.05, 3.63) is 35.3 Å². The summed E-state index contributed by atoms with van der Waals surface area (Å²) in [6.45, 7) is 3.15. The molecule has 1 unspecified atom stereocenters. The Balaban J connectivity index is 2.20. The molecule has 1 atom stereocenters. The highest BCUT2D eigenvalue weighted by Crippen LogP contribution is 2.26. The number of benzene rings is 1. The number of aromatic nitrogens is 1. The molecular formula is C13H15FN2. The summed E-state index contributed by atoms with van der Waals surface area (Å²) < 4.78 is 13.2. The van der Waals surface area contributed by atoms with Gasteiger partial charge in [0.1, 0.15) is 5.82 Å². The van der Waals surface area contributed by atoms with Gasteiger partial charge in [0.25, 0.3) is 0 Å². The summed E-state index contributed by atoms with van der Waals surface area (Å²) in [5.41, 5.74) is 3.60. The smallest absolute Gasteiger partial charge is 0.123 e. The minimum Gasteiger partial charge on any atom is -0.358 e. The van der Waals surface area contributed by atoms with Crippen LogP contribution in [0.15, 0.2) is 18.2 Å². The fraction of sp³-hybridized carbons (Fsp3) is 0.385. The van der Waals surface area contributed by atoms with Crippen molar-refractivity contribution in [2.24, 2.45) is 0 Å². The molecule has 2 N–H and O–H groups in total. The summed E-state index contributed by atoms with van der Waals surface area (Å²) in [4.78, 5) is 3.41. The molecule has 16 heavy (non-hydrogen) atoms. The molecule has 0 saturated carbocycles. The third kappa shape index (κ3) is 1.52. The largest absolute Gasteiger partial charge is 0.358 e. The molecule has 0 bridgehead atoms. The highest BCUT2D eigenvalue weighted by Gasteiger charge is 2.17. The zero-order chi connectivity index (χ0) is 11.1. The monoisotopic (exact) mass is 218 g/mol. The van der Waals surface area contributed by atoms with Gasteiger partial charge in [-0.3, -0.25) is 0 Å². The second kappa shape index (κ2) is 3.59. The van der Waals surface area contributed by atoms with Crippen LogP contribution in [0.1, 0.15) is 18.2 Å². The molecule has 3 rings (SSSR count). The van der Waals surface area contributed by atoms with Gasteiger partial charge in [-0.05, 0) is 43.7 Å². The molecule has 0 amide bonds. The number of H-pyrrole nitrogens is 1. The van der Waals surface area contributed by atoms with Gasteiger partial charge in [-0.25, -0.2) is 4.39 Å². The molecule has 0 saturated heterocycles. The van der Waals surface area contributed by atoms with Crippen LogP contribution >= 0.6 is 0 Å². The fourth-order valence-corrected chi connectivity index (χ4v) is 2.56. The highest BCUT2D eigenvalue weighted by molar-refractivity contribution is 5.84. The zero-order valence-corrected chi connectivity index (χ0v) is 9.31. The standard InChI is InChI=1S/C13H15FN2/c1-8-6-13-10(4-5-15-8)11-7-9(14)2-3-12(11)16-13/h2-3,7-8,15-16H,4-6H2,1H3. The Hall–Kier alpha value is -1.35. The summed E-state index contributed by atoms with van der Waals surface area (Å²) in [6, 6.07) is 5.47. The lowest BCUT2D eigenvalue weighted by Crippen LogP contribution is -2.27. The fourth-order valence-electron chi connectivity index (χ4n) is 2.56. The summed E-state index contributed by atoms with van der Waals surface area (Å²) in [7, 11) is 0.